The Morgan fingerprint density at radius 2 is 2.21 bits per heavy atom. The van der Waals surface area contributed by atoms with Gasteiger partial charge in [-0.15, -0.1) is 10.2 Å². The summed E-state index contributed by atoms with van der Waals surface area (Å²) in [5.41, 5.74) is -0.370. The number of amides is 1. The maximum Gasteiger partial charge on any atom is 0.271 e. The topological polar surface area (TPSA) is 87.7 Å². The Morgan fingerprint density at radius 1 is 1.47 bits per heavy atom. The first-order valence-corrected chi connectivity index (χ1v) is 6.87. The Kier molecular flexibility index (Phi) is 4.65. The number of aromatic amines is 1. The lowest BCUT2D eigenvalue weighted by molar-refractivity contribution is -0.117. The molecule has 0 spiro atoms. The van der Waals surface area contributed by atoms with E-state index in [1.54, 1.807) is 0 Å². The zero-order valence-electron chi connectivity index (χ0n) is 11.2. The quantitative estimate of drug-likeness (QED) is 0.866. The molecular weight excluding hydrogens is 244 g/mol. The maximum atomic E-state index is 11.9. The van der Waals surface area contributed by atoms with Crippen LogP contribution in [0.2, 0.25) is 0 Å². The number of rotatable bonds is 4. The van der Waals surface area contributed by atoms with Crippen LogP contribution in [0.3, 0.4) is 0 Å². The molecule has 1 amide bonds. The third-order valence-corrected chi connectivity index (χ3v) is 3.79. The smallest absolute Gasteiger partial charge is 0.271 e. The average molecular weight is 264 g/mol. The van der Waals surface area contributed by atoms with E-state index in [4.69, 9.17) is 0 Å². The van der Waals surface area contributed by atoms with Gasteiger partial charge in [-0.25, -0.2) is 0 Å². The fourth-order valence-corrected chi connectivity index (χ4v) is 2.71. The summed E-state index contributed by atoms with van der Waals surface area (Å²) in [7, 11) is 0. The number of carbonyl (C=O) groups is 1. The highest BCUT2D eigenvalue weighted by atomic mass is 16.2. The van der Waals surface area contributed by atoms with E-state index in [0.29, 0.717) is 18.3 Å². The van der Waals surface area contributed by atoms with Gasteiger partial charge in [0.1, 0.15) is 6.20 Å². The molecule has 1 aromatic rings. The lowest BCUT2D eigenvalue weighted by Crippen LogP contribution is -2.24. The monoisotopic (exact) mass is 264 g/mol. The zero-order valence-corrected chi connectivity index (χ0v) is 11.2. The minimum atomic E-state index is -0.370. The van der Waals surface area contributed by atoms with Crippen LogP contribution < -0.4 is 10.9 Å². The molecule has 0 saturated heterocycles. The van der Waals surface area contributed by atoms with E-state index >= 15 is 0 Å². The molecule has 0 bridgehead atoms. The van der Waals surface area contributed by atoms with Crippen molar-refractivity contribution in [3.8, 4) is 0 Å². The number of nitrogens with one attached hydrogen (secondary N) is 2. The molecule has 1 saturated carbocycles. The van der Waals surface area contributed by atoms with Gasteiger partial charge in [-0.3, -0.25) is 19.9 Å². The zero-order chi connectivity index (χ0) is 13.7. The molecule has 19 heavy (non-hydrogen) atoms. The van der Waals surface area contributed by atoms with Gasteiger partial charge in [0.2, 0.25) is 11.9 Å². The van der Waals surface area contributed by atoms with Gasteiger partial charge < -0.3 is 0 Å². The predicted octanol–water partition coefficient (Wildman–Crippen LogP) is 1.71. The molecular formula is C13H20N4O2. The van der Waals surface area contributed by atoms with Crippen molar-refractivity contribution in [3.05, 3.63) is 16.6 Å². The van der Waals surface area contributed by atoms with E-state index in [1.807, 2.05) is 0 Å². The molecule has 2 rings (SSSR count). The molecule has 6 nitrogen and oxygen atoms in total. The molecule has 1 aliphatic carbocycles. The molecule has 0 radical (unpaired) electrons. The van der Waals surface area contributed by atoms with Crippen LogP contribution in [0.4, 0.5) is 5.95 Å². The van der Waals surface area contributed by atoms with Crippen LogP contribution >= 0.6 is 0 Å². The van der Waals surface area contributed by atoms with Crippen LogP contribution in [0.15, 0.2) is 11.0 Å². The summed E-state index contributed by atoms with van der Waals surface area (Å²) in [4.78, 5) is 25.3. The number of hydrogen-bond donors (Lipinski definition) is 2. The molecule has 1 unspecified atom stereocenters. The number of hydrogen-bond acceptors (Lipinski definition) is 4. The van der Waals surface area contributed by atoms with Crippen molar-refractivity contribution in [3.63, 3.8) is 0 Å². The van der Waals surface area contributed by atoms with Crippen LogP contribution in [0.25, 0.3) is 0 Å². The van der Waals surface area contributed by atoms with Gasteiger partial charge in [0.25, 0.3) is 5.56 Å². The van der Waals surface area contributed by atoms with E-state index in [9.17, 15) is 9.59 Å². The summed E-state index contributed by atoms with van der Waals surface area (Å²) < 4.78 is 0. The molecule has 6 heteroatoms. The van der Waals surface area contributed by atoms with Crippen molar-refractivity contribution in [1.82, 2.24) is 15.2 Å². The van der Waals surface area contributed by atoms with Gasteiger partial charge in [-0.05, 0) is 11.8 Å². The molecule has 0 aliphatic heterocycles. The number of anilines is 1. The molecule has 2 N–H and O–H groups in total. The standard InChI is InChI=1S/C13H20N4O2/c1-9(10-5-3-2-4-6-10)7-11(18)15-13-16-12(19)8-14-17-13/h8-10H,2-7H2,1H3,(H2,15,16,17,18,19). The van der Waals surface area contributed by atoms with Crippen LogP contribution in [-0.4, -0.2) is 21.1 Å². The second-order valence-corrected chi connectivity index (χ2v) is 5.31. The summed E-state index contributed by atoms with van der Waals surface area (Å²) >= 11 is 0. The van der Waals surface area contributed by atoms with Crippen LogP contribution in [0.1, 0.15) is 45.4 Å². The molecule has 0 aromatic carbocycles. The summed E-state index contributed by atoms with van der Waals surface area (Å²) in [6, 6.07) is 0. The van der Waals surface area contributed by atoms with Crippen molar-refractivity contribution in [2.24, 2.45) is 11.8 Å². The summed E-state index contributed by atoms with van der Waals surface area (Å²) in [6.07, 6.45) is 7.83. The van der Waals surface area contributed by atoms with Crippen molar-refractivity contribution >= 4 is 11.9 Å². The van der Waals surface area contributed by atoms with Gasteiger partial charge in [-0.2, -0.15) is 0 Å². The third kappa shape index (κ3) is 4.15. The second-order valence-electron chi connectivity index (χ2n) is 5.31. The Hall–Kier alpha value is -1.72. The number of H-pyrrole nitrogens is 1. The minimum Gasteiger partial charge on any atom is -0.295 e. The molecule has 1 atom stereocenters. The Bertz CT molecular complexity index is 480. The van der Waals surface area contributed by atoms with Gasteiger partial charge in [0.15, 0.2) is 0 Å². The molecule has 1 heterocycles. The molecule has 104 valence electrons. The Morgan fingerprint density at radius 3 is 2.89 bits per heavy atom. The number of aromatic nitrogens is 3. The van der Waals surface area contributed by atoms with Crippen LogP contribution in [-0.2, 0) is 4.79 Å². The van der Waals surface area contributed by atoms with E-state index in [-0.39, 0.29) is 17.4 Å². The predicted molar refractivity (Wildman–Crippen MR) is 71.6 cm³/mol. The van der Waals surface area contributed by atoms with Crippen molar-refractivity contribution in [2.75, 3.05) is 5.32 Å². The van der Waals surface area contributed by atoms with Crippen LogP contribution in [0, 0.1) is 11.8 Å². The first kappa shape index (κ1) is 13.7. The Labute approximate surface area is 112 Å². The van der Waals surface area contributed by atoms with E-state index < -0.39 is 0 Å². The van der Waals surface area contributed by atoms with Crippen molar-refractivity contribution < 1.29 is 4.79 Å². The number of carbonyl (C=O) groups excluding carboxylic acids is 1. The van der Waals surface area contributed by atoms with E-state index in [0.717, 1.165) is 6.20 Å². The SMILES string of the molecule is CC(CC(=O)Nc1nncc(=O)[nH]1)C1CCCCC1. The lowest BCUT2D eigenvalue weighted by Gasteiger charge is -2.27. The fraction of sp³-hybridized carbons (Fsp3) is 0.692. The summed E-state index contributed by atoms with van der Waals surface area (Å²) in [5.74, 6) is 1.01. The highest BCUT2D eigenvalue weighted by Crippen LogP contribution is 2.31. The molecule has 1 aromatic heterocycles. The first-order chi connectivity index (χ1) is 9.15. The maximum absolute atomic E-state index is 11.9. The van der Waals surface area contributed by atoms with Crippen LogP contribution in [0.5, 0.6) is 0 Å². The normalized spacial score (nSPS) is 17.9. The highest BCUT2D eigenvalue weighted by molar-refractivity contribution is 5.88. The van der Waals surface area contributed by atoms with Gasteiger partial charge >= 0.3 is 0 Å². The average Bonchev–Trinajstić information content (AvgIpc) is 2.39. The molecule has 1 fully saturated rings. The number of nitrogens with zero attached hydrogens (tertiary/aromatic N) is 2. The minimum absolute atomic E-state index is 0.116. The van der Waals surface area contributed by atoms with Gasteiger partial charge in [0, 0.05) is 6.42 Å². The fourth-order valence-electron chi connectivity index (χ4n) is 2.71. The second kappa shape index (κ2) is 6.45. The first-order valence-electron chi connectivity index (χ1n) is 6.87. The summed E-state index contributed by atoms with van der Waals surface area (Å²) in [6.45, 7) is 2.12. The summed E-state index contributed by atoms with van der Waals surface area (Å²) in [5, 5.41) is 9.74. The van der Waals surface area contributed by atoms with Crippen molar-refractivity contribution in [1.29, 1.82) is 0 Å². The largest absolute Gasteiger partial charge is 0.295 e. The third-order valence-electron chi connectivity index (χ3n) is 3.79. The van der Waals surface area contributed by atoms with Gasteiger partial charge in [-0.1, -0.05) is 39.0 Å². The lowest BCUT2D eigenvalue weighted by atomic mass is 9.79. The molecule has 1 aliphatic rings. The Balaban J connectivity index is 1.85. The highest BCUT2D eigenvalue weighted by Gasteiger charge is 2.22. The van der Waals surface area contributed by atoms with Gasteiger partial charge in [0.05, 0.1) is 0 Å². The van der Waals surface area contributed by atoms with Crippen molar-refractivity contribution in [2.45, 2.75) is 45.4 Å². The van der Waals surface area contributed by atoms with E-state index in [1.165, 1.54) is 32.1 Å². The van der Waals surface area contributed by atoms with E-state index in [2.05, 4.69) is 27.4 Å².